The summed E-state index contributed by atoms with van der Waals surface area (Å²) < 4.78 is 1.54. The van der Waals surface area contributed by atoms with E-state index < -0.39 is 11.9 Å². The van der Waals surface area contributed by atoms with Crippen molar-refractivity contribution in [3.8, 4) is 0 Å². The van der Waals surface area contributed by atoms with E-state index in [-0.39, 0.29) is 18.4 Å². The number of carboxylic acid groups (broad SMARTS) is 1. The molecule has 1 heterocycles. The van der Waals surface area contributed by atoms with Crippen LogP contribution in [0.2, 0.25) is 0 Å². The molecule has 1 aromatic rings. The Bertz CT molecular complexity index is 533. The summed E-state index contributed by atoms with van der Waals surface area (Å²) in [5.41, 5.74) is 0.549. The summed E-state index contributed by atoms with van der Waals surface area (Å²) in [5, 5.41) is 9.10. The van der Waals surface area contributed by atoms with Gasteiger partial charge in [-0.05, 0) is 40.0 Å². The van der Waals surface area contributed by atoms with Crippen molar-refractivity contribution < 1.29 is 14.7 Å². The number of nitrogens with zero attached hydrogens (tertiary/aromatic N) is 1. The predicted octanol–water partition coefficient (Wildman–Crippen LogP) is 3.00. The number of hydrogen-bond acceptors (Lipinski definition) is 2. The number of amides is 1. The van der Waals surface area contributed by atoms with Crippen molar-refractivity contribution in [2.75, 3.05) is 13.1 Å². The average Bonchev–Trinajstić information content (AvgIpc) is 2.74. The molecule has 1 aliphatic heterocycles. The maximum absolute atomic E-state index is 12.4. The second-order valence-corrected chi connectivity index (χ2v) is 6.53. The van der Waals surface area contributed by atoms with Crippen molar-refractivity contribution in [3.63, 3.8) is 0 Å². The molecule has 102 valence electrons. The third-order valence-corrected chi connectivity index (χ3v) is 4.56. The molecule has 1 N–H and O–H groups in total. The molecule has 1 aromatic carbocycles. The second-order valence-electron chi connectivity index (χ2n) is 4.76. The lowest BCUT2D eigenvalue weighted by Crippen LogP contribution is -2.30. The first-order chi connectivity index (χ1) is 8.90. The van der Waals surface area contributed by atoms with E-state index in [4.69, 9.17) is 5.11 Å². The number of benzene rings is 1. The van der Waals surface area contributed by atoms with E-state index in [0.717, 1.165) is 4.47 Å². The molecule has 0 aliphatic carbocycles. The monoisotopic (exact) mass is 389 g/mol. The minimum atomic E-state index is -0.837. The van der Waals surface area contributed by atoms with Crippen LogP contribution in [0.5, 0.6) is 0 Å². The molecule has 0 saturated carbocycles. The molecule has 1 aliphatic rings. The van der Waals surface area contributed by atoms with Gasteiger partial charge in [0.1, 0.15) is 0 Å². The van der Waals surface area contributed by atoms with Crippen LogP contribution in [0.3, 0.4) is 0 Å². The molecular formula is C13H13Br2NO3. The Labute approximate surface area is 128 Å². The lowest BCUT2D eigenvalue weighted by Gasteiger charge is -2.17. The molecule has 4 nitrogen and oxygen atoms in total. The minimum Gasteiger partial charge on any atom is -0.481 e. The molecule has 0 spiro atoms. The molecule has 1 amide bonds. The van der Waals surface area contributed by atoms with Gasteiger partial charge in [0, 0.05) is 22.0 Å². The normalized spacial score (nSPS) is 22.6. The van der Waals surface area contributed by atoms with E-state index in [1.807, 2.05) is 13.0 Å². The third kappa shape index (κ3) is 3.00. The van der Waals surface area contributed by atoms with Crippen molar-refractivity contribution in [1.82, 2.24) is 4.90 Å². The van der Waals surface area contributed by atoms with Crippen LogP contribution in [0.1, 0.15) is 17.3 Å². The molecule has 1 fully saturated rings. The molecule has 0 bridgehead atoms. The minimum absolute atomic E-state index is 0.0209. The van der Waals surface area contributed by atoms with E-state index in [1.54, 1.807) is 17.0 Å². The standard InChI is InChI=1S/C13H13Br2NO3/c1-7-5-16(6-10(7)13(18)19)12(17)9-4-8(14)2-3-11(9)15/h2-4,7,10H,5-6H2,1H3,(H,18,19). The summed E-state index contributed by atoms with van der Waals surface area (Å²) in [4.78, 5) is 25.1. The van der Waals surface area contributed by atoms with E-state index in [2.05, 4.69) is 31.9 Å². The van der Waals surface area contributed by atoms with E-state index in [1.165, 1.54) is 0 Å². The quantitative estimate of drug-likeness (QED) is 0.844. The summed E-state index contributed by atoms with van der Waals surface area (Å²) in [5.74, 6) is -1.47. The number of carboxylic acids is 1. The summed E-state index contributed by atoms with van der Waals surface area (Å²) in [6, 6.07) is 5.38. The SMILES string of the molecule is CC1CN(C(=O)c2cc(Br)ccc2Br)CC1C(=O)O. The third-order valence-electron chi connectivity index (χ3n) is 3.38. The molecule has 2 rings (SSSR count). The Kier molecular flexibility index (Phi) is 4.30. The van der Waals surface area contributed by atoms with E-state index >= 15 is 0 Å². The van der Waals surface area contributed by atoms with Crippen LogP contribution in [0, 0.1) is 11.8 Å². The predicted molar refractivity (Wildman–Crippen MR) is 78.0 cm³/mol. The van der Waals surface area contributed by atoms with Crippen LogP contribution in [0.25, 0.3) is 0 Å². The first-order valence-corrected chi connectivity index (χ1v) is 7.46. The number of halogens is 2. The van der Waals surface area contributed by atoms with E-state index in [0.29, 0.717) is 16.6 Å². The number of aliphatic carboxylic acids is 1. The Morgan fingerprint density at radius 3 is 2.58 bits per heavy atom. The smallest absolute Gasteiger partial charge is 0.308 e. The molecule has 1 saturated heterocycles. The van der Waals surface area contributed by atoms with Crippen LogP contribution in [-0.4, -0.2) is 35.0 Å². The number of carbonyl (C=O) groups excluding carboxylic acids is 1. The van der Waals surface area contributed by atoms with Crippen LogP contribution >= 0.6 is 31.9 Å². The van der Waals surface area contributed by atoms with E-state index in [9.17, 15) is 9.59 Å². The summed E-state index contributed by atoms with van der Waals surface area (Å²) >= 11 is 6.69. The van der Waals surface area contributed by atoms with Crippen LogP contribution in [0.15, 0.2) is 27.1 Å². The Morgan fingerprint density at radius 2 is 2.00 bits per heavy atom. The lowest BCUT2D eigenvalue weighted by atomic mass is 9.99. The van der Waals surface area contributed by atoms with Crippen LogP contribution in [0.4, 0.5) is 0 Å². The van der Waals surface area contributed by atoms with Crippen molar-refractivity contribution in [1.29, 1.82) is 0 Å². The highest BCUT2D eigenvalue weighted by atomic mass is 79.9. The Hall–Kier alpha value is -0.880. The van der Waals surface area contributed by atoms with Gasteiger partial charge in [0.25, 0.3) is 5.91 Å². The molecule has 2 atom stereocenters. The van der Waals surface area contributed by atoms with Gasteiger partial charge < -0.3 is 10.0 Å². The fourth-order valence-electron chi connectivity index (χ4n) is 2.29. The fraction of sp³-hybridized carbons (Fsp3) is 0.385. The summed E-state index contributed by atoms with van der Waals surface area (Å²) in [6.07, 6.45) is 0. The average molecular weight is 391 g/mol. The number of carbonyl (C=O) groups is 2. The maximum atomic E-state index is 12.4. The van der Waals surface area contributed by atoms with Gasteiger partial charge in [0.15, 0.2) is 0 Å². The number of rotatable bonds is 2. The zero-order valence-corrected chi connectivity index (χ0v) is 13.4. The van der Waals surface area contributed by atoms with Gasteiger partial charge in [-0.3, -0.25) is 9.59 Å². The zero-order valence-electron chi connectivity index (χ0n) is 10.3. The first kappa shape index (κ1) is 14.5. The maximum Gasteiger partial charge on any atom is 0.308 e. The molecule has 0 aromatic heterocycles. The highest BCUT2D eigenvalue weighted by molar-refractivity contribution is 9.11. The van der Waals surface area contributed by atoms with Crippen molar-refractivity contribution in [2.45, 2.75) is 6.92 Å². The van der Waals surface area contributed by atoms with Gasteiger partial charge in [0.05, 0.1) is 11.5 Å². The molecule has 0 radical (unpaired) electrons. The van der Waals surface area contributed by atoms with Gasteiger partial charge in [-0.2, -0.15) is 0 Å². The van der Waals surface area contributed by atoms with Crippen LogP contribution < -0.4 is 0 Å². The van der Waals surface area contributed by atoms with Gasteiger partial charge >= 0.3 is 5.97 Å². The van der Waals surface area contributed by atoms with Crippen molar-refractivity contribution in [2.24, 2.45) is 11.8 Å². The topological polar surface area (TPSA) is 57.6 Å². The molecular weight excluding hydrogens is 378 g/mol. The number of likely N-dealkylation sites (tertiary alicyclic amines) is 1. The number of hydrogen-bond donors (Lipinski definition) is 1. The highest BCUT2D eigenvalue weighted by Gasteiger charge is 2.37. The largest absolute Gasteiger partial charge is 0.481 e. The van der Waals surface area contributed by atoms with Gasteiger partial charge in [0.2, 0.25) is 0 Å². The lowest BCUT2D eigenvalue weighted by molar-refractivity contribution is -0.142. The molecule has 6 heteroatoms. The van der Waals surface area contributed by atoms with Crippen molar-refractivity contribution in [3.05, 3.63) is 32.7 Å². The highest BCUT2D eigenvalue weighted by Crippen LogP contribution is 2.28. The zero-order chi connectivity index (χ0) is 14.2. The summed E-state index contributed by atoms with van der Waals surface area (Å²) in [6.45, 7) is 2.62. The Morgan fingerprint density at radius 1 is 1.32 bits per heavy atom. The fourth-order valence-corrected chi connectivity index (χ4v) is 3.06. The van der Waals surface area contributed by atoms with Crippen LogP contribution in [-0.2, 0) is 4.79 Å². The Balaban J connectivity index is 2.22. The van der Waals surface area contributed by atoms with Crippen molar-refractivity contribution >= 4 is 43.7 Å². The summed E-state index contributed by atoms with van der Waals surface area (Å²) in [7, 11) is 0. The van der Waals surface area contributed by atoms with Gasteiger partial charge in [-0.1, -0.05) is 22.9 Å². The molecule has 2 unspecified atom stereocenters. The second kappa shape index (κ2) is 5.63. The van der Waals surface area contributed by atoms with Gasteiger partial charge in [-0.15, -0.1) is 0 Å². The van der Waals surface area contributed by atoms with Gasteiger partial charge in [-0.25, -0.2) is 0 Å². The first-order valence-electron chi connectivity index (χ1n) is 5.87. The molecule has 19 heavy (non-hydrogen) atoms.